The summed E-state index contributed by atoms with van der Waals surface area (Å²) in [6.45, 7) is 7.91. The van der Waals surface area contributed by atoms with Gasteiger partial charge in [0.2, 0.25) is 0 Å². The summed E-state index contributed by atoms with van der Waals surface area (Å²) in [6.07, 6.45) is 3.47. The van der Waals surface area contributed by atoms with Gasteiger partial charge in [0.15, 0.2) is 5.96 Å². The summed E-state index contributed by atoms with van der Waals surface area (Å²) in [6, 6.07) is 7.90. The molecule has 0 bridgehead atoms. The molecule has 3 rings (SSSR count). The number of amides is 1. The smallest absolute Gasteiger partial charge is 0.253 e. The third kappa shape index (κ3) is 6.21. The largest absolute Gasteiger partial charge is 0.379 e. The number of guanidine groups is 1. The zero-order valence-electron chi connectivity index (χ0n) is 17.0. The van der Waals surface area contributed by atoms with E-state index in [4.69, 9.17) is 4.74 Å². The van der Waals surface area contributed by atoms with Crippen molar-refractivity contribution in [3.05, 3.63) is 35.4 Å². The third-order valence-electron chi connectivity index (χ3n) is 5.35. The summed E-state index contributed by atoms with van der Waals surface area (Å²) in [5.74, 6) is 0.946. The van der Waals surface area contributed by atoms with Gasteiger partial charge in [-0.15, -0.1) is 0 Å². The van der Waals surface area contributed by atoms with Crippen molar-refractivity contribution in [2.45, 2.75) is 25.8 Å². The number of ether oxygens (including phenoxy) is 1. The van der Waals surface area contributed by atoms with Gasteiger partial charge in [-0.3, -0.25) is 14.7 Å². The van der Waals surface area contributed by atoms with E-state index in [0.29, 0.717) is 6.54 Å². The average molecular weight is 388 g/mol. The molecule has 1 aromatic rings. The molecule has 0 saturated carbocycles. The molecule has 0 aliphatic carbocycles. The average Bonchev–Trinajstić information content (AvgIpc) is 2.77. The highest BCUT2D eigenvalue weighted by atomic mass is 16.5. The molecule has 0 aromatic heterocycles. The van der Waals surface area contributed by atoms with Gasteiger partial charge in [0.05, 0.1) is 13.2 Å². The fourth-order valence-electron chi connectivity index (χ4n) is 3.61. The lowest BCUT2D eigenvalue weighted by Gasteiger charge is -2.27. The molecule has 2 fully saturated rings. The quantitative estimate of drug-likeness (QED) is 0.569. The van der Waals surface area contributed by atoms with Crippen molar-refractivity contribution in [1.82, 2.24) is 20.4 Å². The second-order valence-corrected chi connectivity index (χ2v) is 7.36. The number of benzene rings is 1. The van der Waals surface area contributed by atoms with Gasteiger partial charge in [0.1, 0.15) is 0 Å². The van der Waals surface area contributed by atoms with E-state index < -0.39 is 0 Å². The van der Waals surface area contributed by atoms with Gasteiger partial charge < -0.3 is 20.3 Å². The molecule has 1 amide bonds. The molecular formula is C21H33N5O2. The fourth-order valence-corrected chi connectivity index (χ4v) is 3.61. The Morgan fingerprint density at radius 3 is 2.43 bits per heavy atom. The van der Waals surface area contributed by atoms with Gasteiger partial charge >= 0.3 is 0 Å². The molecule has 2 saturated heterocycles. The molecular weight excluding hydrogens is 354 g/mol. The van der Waals surface area contributed by atoms with E-state index in [0.717, 1.165) is 82.4 Å². The van der Waals surface area contributed by atoms with E-state index in [1.807, 2.05) is 29.2 Å². The standard InChI is InChI=1S/C21H33N5O2/c1-22-21(23-9-12-25-13-15-28-16-14-25)24-17-18-5-7-19(8-6-18)20(27)26-10-3-2-4-11-26/h5-8H,2-4,9-17H2,1H3,(H2,22,23,24). The minimum absolute atomic E-state index is 0.153. The normalized spacial score (nSPS) is 18.8. The summed E-state index contributed by atoms with van der Waals surface area (Å²) >= 11 is 0. The van der Waals surface area contributed by atoms with Crippen molar-refractivity contribution in [3.63, 3.8) is 0 Å². The molecule has 7 nitrogen and oxygen atoms in total. The molecule has 2 aliphatic rings. The number of aliphatic imine (C=N–C) groups is 1. The first-order chi connectivity index (χ1) is 13.8. The maximum atomic E-state index is 12.5. The molecule has 0 radical (unpaired) electrons. The Morgan fingerprint density at radius 2 is 1.75 bits per heavy atom. The molecule has 2 heterocycles. The number of morpholine rings is 1. The van der Waals surface area contributed by atoms with Crippen molar-refractivity contribution in [3.8, 4) is 0 Å². The van der Waals surface area contributed by atoms with Crippen molar-refractivity contribution in [1.29, 1.82) is 0 Å². The fraction of sp³-hybridized carbons (Fsp3) is 0.619. The predicted octanol–water partition coefficient (Wildman–Crippen LogP) is 1.31. The molecule has 0 atom stereocenters. The summed E-state index contributed by atoms with van der Waals surface area (Å²) in [7, 11) is 1.78. The molecule has 2 N–H and O–H groups in total. The Hall–Kier alpha value is -2.12. The van der Waals surface area contributed by atoms with E-state index in [1.165, 1.54) is 6.42 Å². The number of nitrogens with zero attached hydrogens (tertiary/aromatic N) is 3. The van der Waals surface area contributed by atoms with Gasteiger partial charge in [-0.05, 0) is 37.0 Å². The van der Waals surface area contributed by atoms with Crippen molar-refractivity contribution < 1.29 is 9.53 Å². The van der Waals surface area contributed by atoms with Crippen LogP contribution in [0.25, 0.3) is 0 Å². The molecule has 0 spiro atoms. The van der Waals surface area contributed by atoms with Crippen LogP contribution >= 0.6 is 0 Å². The van der Waals surface area contributed by atoms with E-state index in [1.54, 1.807) is 7.05 Å². The first-order valence-corrected chi connectivity index (χ1v) is 10.4. The van der Waals surface area contributed by atoms with Crippen LogP contribution in [0.15, 0.2) is 29.3 Å². The van der Waals surface area contributed by atoms with Crippen LogP contribution in [0.5, 0.6) is 0 Å². The van der Waals surface area contributed by atoms with E-state index >= 15 is 0 Å². The van der Waals surface area contributed by atoms with Gasteiger partial charge in [-0.25, -0.2) is 0 Å². The van der Waals surface area contributed by atoms with Gasteiger partial charge in [0.25, 0.3) is 5.91 Å². The van der Waals surface area contributed by atoms with Crippen molar-refractivity contribution in [2.24, 2.45) is 4.99 Å². The summed E-state index contributed by atoms with van der Waals surface area (Å²) < 4.78 is 5.37. The zero-order chi connectivity index (χ0) is 19.6. The van der Waals surface area contributed by atoms with Crippen LogP contribution in [-0.2, 0) is 11.3 Å². The van der Waals surface area contributed by atoms with Crippen molar-refractivity contribution >= 4 is 11.9 Å². The number of hydrogen-bond acceptors (Lipinski definition) is 4. The lowest BCUT2D eigenvalue weighted by Crippen LogP contribution is -2.44. The number of likely N-dealkylation sites (tertiary alicyclic amines) is 1. The first kappa shape index (κ1) is 20.6. The SMILES string of the molecule is CN=C(NCCN1CCOCC1)NCc1ccc(C(=O)N2CCCCC2)cc1. The van der Waals surface area contributed by atoms with Crippen LogP contribution in [0.2, 0.25) is 0 Å². The van der Waals surface area contributed by atoms with Gasteiger partial charge in [-0.2, -0.15) is 0 Å². The van der Waals surface area contributed by atoms with Gasteiger partial charge in [-0.1, -0.05) is 12.1 Å². The summed E-state index contributed by atoms with van der Waals surface area (Å²) in [4.78, 5) is 21.2. The number of rotatable bonds is 6. The molecule has 2 aliphatic heterocycles. The number of carbonyl (C=O) groups excluding carboxylic acids is 1. The molecule has 154 valence electrons. The molecule has 7 heteroatoms. The second kappa shape index (κ2) is 11.0. The Labute approximate surface area is 168 Å². The molecule has 1 aromatic carbocycles. The monoisotopic (exact) mass is 387 g/mol. The van der Waals surface area contributed by atoms with Crippen LogP contribution < -0.4 is 10.6 Å². The van der Waals surface area contributed by atoms with Gasteiger partial charge in [0, 0.05) is 58.4 Å². The lowest BCUT2D eigenvalue weighted by atomic mass is 10.1. The Balaban J connectivity index is 1.40. The van der Waals surface area contributed by atoms with Crippen LogP contribution in [0.4, 0.5) is 0 Å². The highest BCUT2D eigenvalue weighted by Crippen LogP contribution is 2.13. The van der Waals surface area contributed by atoms with E-state index in [2.05, 4.69) is 20.5 Å². The number of piperidine rings is 1. The first-order valence-electron chi connectivity index (χ1n) is 10.4. The zero-order valence-corrected chi connectivity index (χ0v) is 17.0. The third-order valence-corrected chi connectivity index (χ3v) is 5.35. The number of hydrogen-bond donors (Lipinski definition) is 2. The van der Waals surface area contributed by atoms with Crippen molar-refractivity contribution in [2.75, 3.05) is 59.5 Å². The van der Waals surface area contributed by atoms with Crippen LogP contribution in [0, 0.1) is 0 Å². The van der Waals surface area contributed by atoms with E-state index in [-0.39, 0.29) is 5.91 Å². The number of carbonyl (C=O) groups is 1. The summed E-state index contributed by atoms with van der Waals surface area (Å²) in [5, 5.41) is 6.69. The predicted molar refractivity (Wildman–Crippen MR) is 112 cm³/mol. The topological polar surface area (TPSA) is 69.2 Å². The maximum Gasteiger partial charge on any atom is 0.253 e. The highest BCUT2D eigenvalue weighted by Gasteiger charge is 2.17. The Kier molecular flexibility index (Phi) is 8.11. The minimum atomic E-state index is 0.153. The maximum absolute atomic E-state index is 12.5. The second-order valence-electron chi connectivity index (χ2n) is 7.36. The molecule has 0 unspecified atom stereocenters. The van der Waals surface area contributed by atoms with Crippen LogP contribution in [0.3, 0.4) is 0 Å². The highest BCUT2D eigenvalue weighted by molar-refractivity contribution is 5.94. The Morgan fingerprint density at radius 1 is 1.04 bits per heavy atom. The Bertz CT molecular complexity index is 635. The van der Waals surface area contributed by atoms with E-state index in [9.17, 15) is 4.79 Å². The van der Waals surface area contributed by atoms with Crippen LogP contribution in [-0.4, -0.2) is 81.2 Å². The summed E-state index contributed by atoms with van der Waals surface area (Å²) in [5.41, 5.74) is 1.91. The van der Waals surface area contributed by atoms with Crippen LogP contribution in [0.1, 0.15) is 35.2 Å². The number of nitrogens with one attached hydrogen (secondary N) is 2. The minimum Gasteiger partial charge on any atom is -0.379 e. The molecule has 28 heavy (non-hydrogen) atoms. The lowest BCUT2D eigenvalue weighted by molar-refractivity contribution is 0.0389.